The topological polar surface area (TPSA) is 58.6 Å². The molecule has 0 spiro atoms. The minimum absolute atomic E-state index is 0.110. The molecule has 1 aromatic rings. The molecule has 0 bridgehead atoms. The summed E-state index contributed by atoms with van der Waals surface area (Å²) in [5.74, 6) is 0.439. The molecule has 22 heavy (non-hydrogen) atoms. The lowest BCUT2D eigenvalue weighted by Gasteiger charge is -2.20. The summed E-state index contributed by atoms with van der Waals surface area (Å²) < 4.78 is 5.23. The summed E-state index contributed by atoms with van der Waals surface area (Å²) in [5, 5.41) is 3.50. The highest BCUT2D eigenvalue weighted by Gasteiger charge is 2.29. The number of alkyl halides is 1. The smallest absolute Gasteiger partial charge is 0.412 e. The first-order valence-corrected chi connectivity index (χ1v) is 8.37. The molecule has 0 aromatic heterocycles. The first kappa shape index (κ1) is 16.8. The third-order valence-corrected chi connectivity index (χ3v) is 4.14. The van der Waals surface area contributed by atoms with Gasteiger partial charge in [0.25, 0.3) is 0 Å². The first-order valence-electron chi connectivity index (χ1n) is 7.25. The van der Waals surface area contributed by atoms with Crippen molar-refractivity contribution in [2.75, 3.05) is 22.1 Å². The number of ether oxygens (including phenoxy) is 1. The van der Waals surface area contributed by atoms with Crippen LogP contribution in [0, 0.1) is 5.92 Å². The van der Waals surface area contributed by atoms with Crippen molar-refractivity contribution in [3.05, 3.63) is 24.3 Å². The molecule has 2 amide bonds. The normalized spacial score (nSPS) is 18.5. The summed E-state index contributed by atoms with van der Waals surface area (Å²) in [5.41, 5.74) is 0.860. The molecule has 1 aliphatic heterocycles. The molecule has 1 aliphatic rings. The standard InChI is InChI=1S/C16H21BrN2O3/c1-16(2,3)22-15(21)18-12-5-4-6-13(8-12)19-10-11(9-17)7-14(19)20/h4-6,8,11H,7,9-10H2,1-3H3,(H,18,21). The van der Waals surface area contributed by atoms with Crippen LogP contribution in [0.4, 0.5) is 16.2 Å². The number of hydrogen-bond acceptors (Lipinski definition) is 3. The molecule has 0 radical (unpaired) electrons. The lowest BCUT2D eigenvalue weighted by Crippen LogP contribution is -2.27. The van der Waals surface area contributed by atoms with Gasteiger partial charge in [0.05, 0.1) is 0 Å². The van der Waals surface area contributed by atoms with Gasteiger partial charge in [0.15, 0.2) is 0 Å². The van der Waals surface area contributed by atoms with E-state index in [0.717, 1.165) is 11.0 Å². The van der Waals surface area contributed by atoms with Crippen molar-refractivity contribution in [3.8, 4) is 0 Å². The fourth-order valence-corrected chi connectivity index (χ4v) is 2.74. The Kier molecular flexibility index (Phi) is 5.11. The van der Waals surface area contributed by atoms with Crippen molar-refractivity contribution in [1.29, 1.82) is 0 Å². The van der Waals surface area contributed by atoms with Gasteiger partial charge in [0.1, 0.15) is 5.60 Å². The quantitative estimate of drug-likeness (QED) is 0.825. The molecule has 120 valence electrons. The number of rotatable bonds is 3. The predicted octanol–water partition coefficient (Wildman–Crippen LogP) is 3.78. The lowest BCUT2D eigenvalue weighted by atomic mass is 10.2. The maximum absolute atomic E-state index is 12.1. The molecule has 1 aromatic carbocycles. The largest absolute Gasteiger partial charge is 0.444 e. The highest BCUT2D eigenvalue weighted by Crippen LogP contribution is 2.28. The van der Waals surface area contributed by atoms with E-state index in [1.807, 2.05) is 32.9 Å². The molecular weight excluding hydrogens is 348 g/mol. The van der Waals surface area contributed by atoms with Crippen LogP contribution in [0.1, 0.15) is 27.2 Å². The fraction of sp³-hybridized carbons (Fsp3) is 0.500. The number of halogens is 1. The number of amides is 2. The zero-order valence-electron chi connectivity index (χ0n) is 13.1. The van der Waals surface area contributed by atoms with Crippen LogP contribution in [0.2, 0.25) is 0 Å². The Labute approximate surface area is 139 Å². The average molecular weight is 369 g/mol. The molecular formula is C16H21BrN2O3. The van der Waals surface area contributed by atoms with E-state index in [1.54, 1.807) is 17.0 Å². The second-order valence-electron chi connectivity index (χ2n) is 6.41. The molecule has 2 rings (SSSR count). The SMILES string of the molecule is CC(C)(C)OC(=O)Nc1cccc(N2CC(CBr)CC2=O)c1. The van der Waals surface area contributed by atoms with Crippen molar-refractivity contribution >= 4 is 39.3 Å². The molecule has 1 saturated heterocycles. The summed E-state index contributed by atoms with van der Waals surface area (Å²) in [6.07, 6.45) is 0.0466. The van der Waals surface area contributed by atoms with Crippen LogP contribution < -0.4 is 10.2 Å². The monoisotopic (exact) mass is 368 g/mol. The molecule has 1 fully saturated rings. The van der Waals surface area contributed by atoms with E-state index in [2.05, 4.69) is 21.2 Å². The molecule has 1 heterocycles. The van der Waals surface area contributed by atoms with Crippen LogP contribution in [0.25, 0.3) is 0 Å². The molecule has 5 nitrogen and oxygen atoms in total. The van der Waals surface area contributed by atoms with Crippen LogP contribution in [-0.4, -0.2) is 29.5 Å². The highest BCUT2D eigenvalue weighted by atomic mass is 79.9. The van der Waals surface area contributed by atoms with Crippen LogP contribution in [-0.2, 0) is 9.53 Å². The number of carbonyl (C=O) groups excluding carboxylic acids is 2. The van der Waals surface area contributed by atoms with E-state index in [9.17, 15) is 9.59 Å². The van der Waals surface area contributed by atoms with Gasteiger partial charge in [-0.15, -0.1) is 0 Å². The van der Waals surface area contributed by atoms with E-state index in [4.69, 9.17) is 4.74 Å². The Bertz CT molecular complexity index is 569. The van der Waals surface area contributed by atoms with Gasteiger partial charge in [-0.05, 0) is 44.9 Å². The van der Waals surface area contributed by atoms with Crippen LogP contribution in [0.15, 0.2) is 24.3 Å². The zero-order chi connectivity index (χ0) is 16.3. The zero-order valence-corrected chi connectivity index (χ0v) is 14.6. The van der Waals surface area contributed by atoms with Gasteiger partial charge in [0, 0.05) is 29.7 Å². The minimum atomic E-state index is -0.546. The van der Waals surface area contributed by atoms with Gasteiger partial charge in [0.2, 0.25) is 5.91 Å². The number of hydrogen-bond donors (Lipinski definition) is 1. The molecule has 1 N–H and O–H groups in total. The number of nitrogens with zero attached hydrogens (tertiary/aromatic N) is 1. The van der Waals surface area contributed by atoms with Crippen LogP contribution in [0.3, 0.4) is 0 Å². The van der Waals surface area contributed by atoms with Crippen molar-refractivity contribution in [1.82, 2.24) is 0 Å². The fourth-order valence-electron chi connectivity index (χ4n) is 2.31. The highest BCUT2D eigenvalue weighted by molar-refractivity contribution is 9.09. The Morgan fingerprint density at radius 2 is 2.18 bits per heavy atom. The summed E-state index contributed by atoms with van der Waals surface area (Å²) in [4.78, 5) is 25.6. The Hall–Kier alpha value is -1.56. The van der Waals surface area contributed by atoms with E-state index < -0.39 is 11.7 Å². The minimum Gasteiger partial charge on any atom is -0.444 e. The molecule has 0 saturated carbocycles. The van der Waals surface area contributed by atoms with Gasteiger partial charge in [-0.25, -0.2) is 4.79 Å². The number of nitrogens with one attached hydrogen (secondary N) is 1. The van der Waals surface area contributed by atoms with Crippen LogP contribution >= 0.6 is 15.9 Å². The number of benzene rings is 1. The second kappa shape index (κ2) is 6.69. The maximum Gasteiger partial charge on any atom is 0.412 e. The van der Waals surface area contributed by atoms with E-state index in [-0.39, 0.29) is 5.91 Å². The maximum atomic E-state index is 12.1. The molecule has 1 atom stereocenters. The predicted molar refractivity (Wildman–Crippen MR) is 90.6 cm³/mol. The summed E-state index contributed by atoms with van der Waals surface area (Å²) in [6, 6.07) is 7.25. The Morgan fingerprint density at radius 1 is 1.45 bits per heavy atom. The average Bonchev–Trinajstić information content (AvgIpc) is 2.78. The molecule has 6 heteroatoms. The summed E-state index contributed by atoms with van der Waals surface area (Å²) >= 11 is 3.43. The van der Waals surface area contributed by atoms with Gasteiger partial charge in [-0.2, -0.15) is 0 Å². The lowest BCUT2D eigenvalue weighted by molar-refractivity contribution is -0.117. The van der Waals surface area contributed by atoms with Crippen molar-refractivity contribution in [2.24, 2.45) is 5.92 Å². The van der Waals surface area contributed by atoms with Crippen molar-refractivity contribution < 1.29 is 14.3 Å². The van der Waals surface area contributed by atoms with E-state index >= 15 is 0 Å². The van der Waals surface area contributed by atoms with Gasteiger partial charge in [-0.1, -0.05) is 22.0 Å². The molecule has 0 aliphatic carbocycles. The van der Waals surface area contributed by atoms with E-state index in [0.29, 0.717) is 24.6 Å². The first-order chi connectivity index (χ1) is 10.3. The summed E-state index contributed by atoms with van der Waals surface area (Å²) in [7, 11) is 0. The number of anilines is 2. The summed E-state index contributed by atoms with van der Waals surface area (Å²) in [6.45, 7) is 6.13. The van der Waals surface area contributed by atoms with Crippen molar-refractivity contribution in [2.45, 2.75) is 32.8 Å². The second-order valence-corrected chi connectivity index (χ2v) is 7.05. The van der Waals surface area contributed by atoms with Gasteiger partial charge < -0.3 is 9.64 Å². The third-order valence-electron chi connectivity index (χ3n) is 3.23. The van der Waals surface area contributed by atoms with Crippen LogP contribution in [0.5, 0.6) is 0 Å². The van der Waals surface area contributed by atoms with Gasteiger partial charge >= 0.3 is 6.09 Å². The third kappa shape index (κ3) is 4.47. The number of carbonyl (C=O) groups is 2. The Balaban J connectivity index is 2.07. The molecule has 1 unspecified atom stereocenters. The Morgan fingerprint density at radius 3 is 2.77 bits per heavy atom. The van der Waals surface area contributed by atoms with E-state index in [1.165, 1.54) is 0 Å². The van der Waals surface area contributed by atoms with Gasteiger partial charge in [-0.3, -0.25) is 10.1 Å². The van der Waals surface area contributed by atoms with Crippen molar-refractivity contribution in [3.63, 3.8) is 0 Å².